The maximum Gasteiger partial charge on any atom is 0.0612 e. The van der Waals surface area contributed by atoms with E-state index in [0.717, 1.165) is 29.7 Å². The van der Waals surface area contributed by atoms with Crippen LogP contribution in [0.2, 0.25) is 10.0 Å². The number of hydrogen-bond acceptors (Lipinski definition) is 1. The Morgan fingerprint density at radius 3 is 2.65 bits per heavy atom. The standard InChI is InChI=1S/C16H14BrCl2N/c1-10-6-12(17)7-11-4-5-20(9-14(10)11)13-2-3-15(18)16(19)8-13/h2-3,6-8H,4-5,9H2,1H3. The summed E-state index contributed by atoms with van der Waals surface area (Å²) in [5.74, 6) is 0. The van der Waals surface area contributed by atoms with E-state index in [1.54, 1.807) is 0 Å². The van der Waals surface area contributed by atoms with E-state index in [0.29, 0.717) is 10.0 Å². The van der Waals surface area contributed by atoms with Crippen LogP contribution in [0.25, 0.3) is 0 Å². The Labute approximate surface area is 137 Å². The maximum absolute atomic E-state index is 6.12. The van der Waals surface area contributed by atoms with Crippen molar-refractivity contribution < 1.29 is 0 Å². The third-order valence-corrected chi connectivity index (χ3v) is 5.00. The molecule has 0 aliphatic carbocycles. The first kappa shape index (κ1) is 14.2. The lowest BCUT2D eigenvalue weighted by molar-refractivity contribution is 0.727. The summed E-state index contributed by atoms with van der Waals surface area (Å²) < 4.78 is 1.16. The number of aryl methyl sites for hydroxylation is 1. The van der Waals surface area contributed by atoms with Gasteiger partial charge < -0.3 is 4.90 Å². The number of halogens is 3. The minimum absolute atomic E-state index is 0.605. The van der Waals surface area contributed by atoms with Gasteiger partial charge in [-0.3, -0.25) is 0 Å². The summed E-state index contributed by atoms with van der Waals surface area (Å²) in [4.78, 5) is 2.35. The van der Waals surface area contributed by atoms with Crippen LogP contribution in [0.15, 0.2) is 34.8 Å². The van der Waals surface area contributed by atoms with Crippen molar-refractivity contribution in [2.45, 2.75) is 19.9 Å². The van der Waals surface area contributed by atoms with Crippen molar-refractivity contribution in [2.75, 3.05) is 11.4 Å². The molecule has 0 spiro atoms. The highest BCUT2D eigenvalue weighted by Gasteiger charge is 2.19. The highest BCUT2D eigenvalue weighted by Crippen LogP contribution is 2.32. The van der Waals surface area contributed by atoms with Crippen molar-refractivity contribution in [1.82, 2.24) is 0 Å². The van der Waals surface area contributed by atoms with Crippen LogP contribution in [0.5, 0.6) is 0 Å². The molecule has 4 heteroatoms. The molecule has 0 fully saturated rings. The molecule has 1 nitrogen and oxygen atoms in total. The van der Waals surface area contributed by atoms with Gasteiger partial charge in [-0.1, -0.05) is 39.1 Å². The molecule has 104 valence electrons. The monoisotopic (exact) mass is 369 g/mol. The van der Waals surface area contributed by atoms with E-state index in [1.165, 1.54) is 16.7 Å². The summed E-state index contributed by atoms with van der Waals surface area (Å²) in [6.07, 6.45) is 1.05. The second kappa shape index (κ2) is 5.59. The van der Waals surface area contributed by atoms with Gasteiger partial charge in [-0.25, -0.2) is 0 Å². The minimum atomic E-state index is 0.605. The predicted molar refractivity (Wildman–Crippen MR) is 90.1 cm³/mol. The molecule has 1 heterocycles. The lowest BCUT2D eigenvalue weighted by Gasteiger charge is -2.32. The van der Waals surface area contributed by atoms with Gasteiger partial charge >= 0.3 is 0 Å². The van der Waals surface area contributed by atoms with E-state index in [2.05, 4.69) is 39.9 Å². The normalized spacial score (nSPS) is 14.3. The molecule has 0 unspecified atom stereocenters. The zero-order chi connectivity index (χ0) is 14.3. The van der Waals surface area contributed by atoms with E-state index in [-0.39, 0.29) is 0 Å². The molecular weight excluding hydrogens is 357 g/mol. The van der Waals surface area contributed by atoms with Gasteiger partial charge in [-0.05, 0) is 60.4 Å². The van der Waals surface area contributed by atoms with Crippen LogP contribution in [-0.4, -0.2) is 6.54 Å². The summed E-state index contributed by atoms with van der Waals surface area (Å²) in [5.41, 5.74) is 5.32. The topological polar surface area (TPSA) is 3.24 Å². The largest absolute Gasteiger partial charge is 0.367 e. The molecule has 1 aliphatic rings. The zero-order valence-corrected chi connectivity index (χ0v) is 14.2. The molecule has 2 aromatic rings. The molecule has 1 aliphatic heterocycles. The van der Waals surface area contributed by atoms with E-state index in [4.69, 9.17) is 23.2 Å². The second-order valence-corrected chi connectivity index (χ2v) is 6.86. The maximum atomic E-state index is 6.12. The third-order valence-electron chi connectivity index (χ3n) is 3.80. The van der Waals surface area contributed by atoms with Gasteiger partial charge in [-0.15, -0.1) is 0 Å². The lowest BCUT2D eigenvalue weighted by Crippen LogP contribution is -2.30. The molecule has 3 rings (SSSR count). The molecule has 0 radical (unpaired) electrons. The molecule has 0 aromatic heterocycles. The Balaban J connectivity index is 1.93. The van der Waals surface area contributed by atoms with Crippen LogP contribution < -0.4 is 4.90 Å². The van der Waals surface area contributed by atoms with Gasteiger partial charge in [0.1, 0.15) is 0 Å². The van der Waals surface area contributed by atoms with Gasteiger partial charge in [0.25, 0.3) is 0 Å². The van der Waals surface area contributed by atoms with Crippen molar-refractivity contribution in [3.8, 4) is 0 Å². The third kappa shape index (κ3) is 2.69. The average Bonchev–Trinajstić information content (AvgIpc) is 2.41. The van der Waals surface area contributed by atoms with Gasteiger partial charge in [0.05, 0.1) is 10.0 Å². The number of rotatable bonds is 1. The first-order valence-electron chi connectivity index (χ1n) is 6.52. The Bertz CT molecular complexity index is 670. The van der Waals surface area contributed by atoms with Crippen molar-refractivity contribution in [3.05, 3.63) is 61.5 Å². The van der Waals surface area contributed by atoms with E-state index in [1.807, 2.05) is 18.2 Å². The fraction of sp³-hybridized carbons (Fsp3) is 0.250. The number of fused-ring (bicyclic) bond motifs is 1. The Hall–Kier alpha value is -0.700. The molecule has 0 N–H and O–H groups in total. The predicted octanol–water partition coefficient (Wildman–Crippen LogP) is 5.63. The summed E-state index contributed by atoms with van der Waals surface area (Å²) >= 11 is 15.7. The van der Waals surface area contributed by atoms with Crippen molar-refractivity contribution in [3.63, 3.8) is 0 Å². The van der Waals surface area contributed by atoms with Crippen molar-refractivity contribution in [2.24, 2.45) is 0 Å². The van der Waals surface area contributed by atoms with Crippen LogP contribution in [0.3, 0.4) is 0 Å². The van der Waals surface area contributed by atoms with Gasteiger partial charge in [-0.2, -0.15) is 0 Å². The summed E-state index contributed by atoms with van der Waals surface area (Å²) in [6, 6.07) is 10.3. The van der Waals surface area contributed by atoms with Crippen LogP contribution >= 0.6 is 39.1 Å². The number of hydrogen-bond donors (Lipinski definition) is 0. The number of benzene rings is 2. The second-order valence-electron chi connectivity index (χ2n) is 5.13. The minimum Gasteiger partial charge on any atom is -0.367 e. The molecule has 0 atom stereocenters. The van der Waals surface area contributed by atoms with Gasteiger partial charge in [0.15, 0.2) is 0 Å². The van der Waals surface area contributed by atoms with Crippen molar-refractivity contribution >= 4 is 44.8 Å². The smallest absolute Gasteiger partial charge is 0.0612 e. The Morgan fingerprint density at radius 2 is 1.90 bits per heavy atom. The number of anilines is 1. The first-order chi connectivity index (χ1) is 9.54. The van der Waals surface area contributed by atoms with Crippen molar-refractivity contribution in [1.29, 1.82) is 0 Å². The molecule has 2 aromatic carbocycles. The van der Waals surface area contributed by atoms with Crippen LogP contribution in [0.4, 0.5) is 5.69 Å². The van der Waals surface area contributed by atoms with E-state index in [9.17, 15) is 0 Å². The highest BCUT2D eigenvalue weighted by atomic mass is 79.9. The van der Waals surface area contributed by atoms with E-state index < -0.39 is 0 Å². The molecule has 0 saturated carbocycles. The summed E-state index contributed by atoms with van der Waals surface area (Å²) in [5, 5.41) is 1.22. The van der Waals surface area contributed by atoms with Gasteiger partial charge in [0, 0.05) is 23.2 Å². The van der Waals surface area contributed by atoms with Crippen LogP contribution in [0, 0.1) is 6.92 Å². The molecule has 0 amide bonds. The van der Waals surface area contributed by atoms with Crippen LogP contribution in [-0.2, 0) is 13.0 Å². The molecular formula is C16H14BrCl2N. The molecule has 0 saturated heterocycles. The fourth-order valence-corrected chi connectivity index (χ4v) is 3.63. The Kier molecular flexibility index (Phi) is 3.98. The lowest BCUT2D eigenvalue weighted by atomic mass is 9.95. The molecule has 0 bridgehead atoms. The first-order valence-corrected chi connectivity index (χ1v) is 8.07. The summed E-state index contributed by atoms with van der Waals surface area (Å²) in [6.45, 7) is 4.09. The molecule has 20 heavy (non-hydrogen) atoms. The SMILES string of the molecule is Cc1cc(Br)cc2c1CN(c1ccc(Cl)c(Cl)c1)CC2. The number of nitrogens with zero attached hydrogens (tertiary/aromatic N) is 1. The van der Waals surface area contributed by atoms with E-state index >= 15 is 0 Å². The quantitative estimate of drug-likeness (QED) is 0.628. The van der Waals surface area contributed by atoms with Crippen LogP contribution in [0.1, 0.15) is 16.7 Å². The van der Waals surface area contributed by atoms with Gasteiger partial charge in [0.2, 0.25) is 0 Å². The zero-order valence-electron chi connectivity index (χ0n) is 11.1. The highest BCUT2D eigenvalue weighted by molar-refractivity contribution is 9.10. The summed E-state index contributed by atoms with van der Waals surface area (Å²) in [7, 11) is 0. The Morgan fingerprint density at radius 1 is 1.10 bits per heavy atom. The fourth-order valence-electron chi connectivity index (χ4n) is 2.72. The average molecular weight is 371 g/mol.